The van der Waals surface area contributed by atoms with Crippen LogP contribution in [-0.4, -0.2) is 49.8 Å². The number of rotatable bonds is 7. The van der Waals surface area contributed by atoms with E-state index in [0.29, 0.717) is 49.7 Å². The highest BCUT2D eigenvalue weighted by atomic mass is 19.4. The second-order valence-electron chi connectivity index (χ2n) is 12.9. The Morgan fingerprint density at radius 2 is 1.98 bits per heavy atom. The number of benzene rings is 1. The molecular weight excluding hydrogens is 555 g/mol. The van der Waals surface area contributed by atoms with Crippen LogP contribution in [0.4, 0.5) is 18.9 Å². The number of aryl methyl sites for hydroxylation is 1. The van der Waals surface area contributed by atoms with E-state index in [1.54, 1.807) is 11.2 Å². The highest BCUT2D eigenvalue weighted by molar-refractivity contribution is 6.10. The molecule has 1 amide bonds. The fourth-order valence-electron chi connectivity index (χ4n) is 7.29. The van der Waals surface area contributed by atoms with Crippen LogP contribution in [0.2, 0.25) is 0 Å². The van der Waals surface area contributed by atoms with Crippen LogP contribution in [0.3, 0.4) is 0 Å². The van der Waals surface area contributed by atoms with E-state index < -0.39 is 12.1 Å². The lowest BCUT2D eigenvalue weighted by molar-refractivity contribution is -0.187. The topological polar surface area (TPSA) is 90.9 Å². The van der Waals surface area contributed by atoms with Crippen molar-refractivity contribution < 1.29 is 18.0 Å². The monoisotopic (exact) mass is 589 g/mol. The minimum absolute atomic E-state index is 0.0218. The minimum atomic E-state index is -4.20. The van der Waals surface area contributed by atoms with Crippen LogP contribution in [0.5, 0.6) is 0 Å². The molecule has 3 aromatic rings. The maximum atomic E-state index is 13.9. The lowest BCUT2D eigenvalue weighted by Crippen LogP contribution is -2.43. The maximum absolute atomic E-state index is 13.9. The van der Waals surface area contributed by atoms with Gasteiger partial charge in [-0.1, -0.05) is 12.1 Å². The SMILES string of the molecule is Cn1cnnc1CC1(c2cccc(N3Cc4c(cc(CN5CCC[C@@H](C(F)(F)F)C5)nc4C4CC4)C3=O)c2)CC(C#N)C1. The summed E-state index contributed by atoms with van der Waals surface area (Å²) in [5.74, 6) is -0.292. The zero-order valence-corrected chi connectivity index (χ0v) is 24.1. The predicted molar refractivity (Wildman–Crippen MR) is 152 cm³/mol. The molecule has 2 aliphatic carbocycles. The molecule has 224 valence electrons. The van der Waals surface area contributed by atoms with Crippen LogP contribution in [0, 0.1) is 23.2 Å². The van der Waals surface area contributed by atoms with Crippen molar-refractivity contribution in [2.45, 2.75) is 75.5 Å². The molecule has 7 rings (SSSR count). The second-order valence-corrected chi connectivity index (χ2v) is 12.9. The number of hydrogen-bond acceptors (Lipinski definition) is 6. The van der Waals surface area contributed by atoms with Gasteiger partial charge in [-0.15, -0.1) is 10.2 Å². The number of piperidine rings is 1. The van der Waals surface area contributed by atoms with Gasteiger partial charge in [-0.2, -0.15) is 18.4 Å². The average Bonchev–Trinajstić information content (AvgIpc) is 3.66. The molecule has 0 radical (unpaired) electrons. The summed E-state index contributed by atoms with van der Waals surface area (Å²) in [7, 11) is 1.92. The van der Waals surface area contributed by atoms with Crippen LogP contribution in [-0.2, 0) is 32.0 Å². The van der Waals surface area contributed by atoms with Gasteiger partial charge in [0.15, 0.2) is 0 Å². The van der Waals surface area contributed by atoms with Crippen LogP contribution >= 0.6 is 0 Å². The van der Waals surface area contributed by atoms with Crippen molar-refractivity contribution in [2.24, 2.45) is 18.9 Å². The van der Waals surface area contributed by atoms with Crippen molar-refractivity contribution in [3.05, 3.63) is 70.6 Å². The molecule has 1 aromatic carbocycles. The summed E-state index contributed by atoms with van der Waals surface area (Å²) in [5, 5.41) is 17.9. The zero-order valence-electron chi connectivity index (χ0n) is 24.1. The maximum Gasteiger partial charge on any atom is 0.393 e. The van der Waals surface area contributed by atoms with E-state index in [4.69, 9.17) is 4.98 Å². The summed E-state index contributed by atoms with van der Waals surface area (Å²) in [6.45, 7) is 1.30. The van der Waals surface area contributed by atoms with Gasteiger partial charge in [0, 0.05) is 66.3 Å². The molecule has 11 heteroatoms. The smallest absolute Gasteiger partial charge is 0.321 e. The fourth-order valence-corrected chi connectivity index (χ4v) is 7.29. The number of amides is 1. The van der Waals surface area contributed by atoms with Gasteiger partial charge < -0.3 is 9.47 Å². The highest BCUT2D eigenvalue weighted by Crippen LogP contribution is 2.51. The fraction of sp³-hybridized carbons (Fsp3) is 0.531. The van der Waals surface area contributed by atoms with Crippen molar-refractivity contribution >= 4 is 11.6 Å². The standard InChI is InChI=1S/C32H34F3N7O/c1-40-19-37-39-28(40)14-31(12-20(13-31)15-36)22-4-2-6-25(10-22)42-18-27-26(30(42)43)11-24(38-29(27)21-7-8-21)17-41-9-3-5-23(16-41)32(33,34)35/h2,4,6,10-11,19-21,23H,3,5,7-9,12-14,16-18H2,1H3/t20?,23-,31?/m1/s1. The molecule has 8 nitrogen and oxygen atoms in total. The first kappa shape index (κ1) is 28.0. The number of anilines is 1. The Labute approximate surface area is 248 Å². The first-order chi connectivity index (χ1) is 20.6. The summed E-state index contributed by atoms with van der Waals surface area (Å²) in [6, 6.07) is 12.3. The Morgan fingerprint density at radius 1 is 1.16 bits per heavy atom. The largest absolute Gasteiger partial charge is 0.393 e. The first-order valence-electron chi connectivity index (χ1n) is 15.1. The molecule has 1 saturated heterocycles. The van der Waals surface area contributed by atoms with Gasteiger partial charge in [-0.25, -0.2) is 0 Å². The molecule has 3 fully saturated rings. The quantitative estimate of drug-likeness (QED) is 0.365. The Hall–Kier alpha value is -3.78. The van der Waals surface area contributed by atoms with Crippen LogP contribution < -0.4 is 4.90 Å². The van der Waals surface area contributed by atoms with Crippen LogP contribution in [0.25, 0.3) is 0 Å². The normalized spacial score (nSPS) is 25.8. The van der Waals surface area contributed by atoms with Gasteiger partial charge >= 0.3 is 6.18 Å². The third-order valence-electron chi connectivity index (χ3n) is 9.85. The molecule has 2 aromatic heterocycles. The lowest BCUT2D eigenvalue weighted by Gasteiger charge is -2.45. The molecule has 2 saturated carbocycles. The Morgan fingerprint density at radius 3 is 2.67 bits per heavy atom. The number of aromatic nitrogens is 4. The second kappa shape index (κ2) is 10.4. The molecule has 0 spiro atoms. The van der Waals surface area contributed by atoms with Crippen molar-refractivity contribution in [3.63, 3.8) is 0 Å². The van der Waals surface area contributed by atoms with Crippen molar-refractivity contribution in [1.29, 1.82) is 5.26 Å². The highest BCUT2D eigenvalue weighted by Gasteiger charge is 2.47. The van der Waals surface area contributed by atoms with Gasteiger partial charge in [-0.05, 0) is 68.8 Å². The minimum Gasteiger partial charge on any atom is -0.321 e. The van der Waals surface area contributed by atoms with Crippen molar-refractivity contribution in [2.75, 3.05) is 18.0 Å². The van der Waals surface area contributed by atoms with E-state index in [0.717, 1.165) is 54.0 Å². The van der Waals surface area contributed by atoms with Gasteiger partial charge in [0.1, 0.15) is 12.2 Å². The van der Waals surface area contributed by atoms with Crippen molar-refractivity contribution in [1.82, 2.24) is 24.6 Å². The molecular formula is C32H34F3N7O. The number of nitrogens with zero attached hydrogens (tertiary/aromatic N) is 7. The van der Waals surface area contributed by atoms with Gasteiger partial charge in [0.05, 0.1) is 24.2 Å². The van der Waals surface area contributed by atoms with Gasteiger partial charge in [-0.3, -0.25) is 14.7 Å². The summed E-state index contributed by atoms with van der Waals surface area (Å²) >= 11 is 0. The number of carbonyl (C=O) groups is 1. The van der Waals surface area contributed by atoms with Gasteiger partial charge in [0.2, 0.25) is 0 Å². The summed E-state index contributed by atoms with van der Waals surface area (Å²) in [6.07, 6.45) is 2.26. The summed E-state index contributed by atoms with van der Waals surface area (Å²) in [4.78, 5) is 22.5. The number of halogens is 3. The Bertz CT molecular complexity index is 1600. The van der Waals surface area contributed by atoms with E-state index in [-0.39, 0.29) is 30.2 Å². The first-order valence-corrected chi connectivity index (χ1v) is 15.1. The van der Waals surface area contributed by atoms with Gasteiger partial charge in [0.25, 0.3) is 5.91 Å². The third kappa shape index (κ3) is 5.20. The Kier molecular flexibility index (Phi) is 6.80. The Balaban J connectivity index is 1.16. The number of hydrogen-bond donors (Lipinski definition) is 0. The molecule has 1 atom stereocenters. The number of pyridine rings is 1. The van der Waals surface area contributed by atoms with E-state index in [2.05, 4.69) is 28.4 Å². The number of alkyl halides is 3. The molecule has 0 unspecified atom stereocenters. The average molecular weight is 590 g/mol. The van der Waals surface area contributed by atoms with Crippen LogP contribution in [0.1, 0.15) is 83.1 Å². The van der Waals surface area contributed by atoms with E-state index in [1.807, 2.05) is 34.7 Å². The number of fused-ring (bicyclic) bond motifs is 1. The molecule has 2 aliphatic heterocycles. The number of carbonyl (C=O) groups excluding carboxylic acids is 1. The summed E-state index contributed by atoms with van der Waals surface area (Å²) < 4.78 is 42.2. The van der Waals surface area contributed by atoms with E-state index in [1.165, 1.54) is 0 Å². The lowest BCUT2D eigenvalue weighted by atomic mass is 9.57. The molecule has 0 N–H and O–H groups in total. The summed E-state index contributed by atoms with van der Waals surface area (Å²) in [5.41, 5.74) is 4.77. The molecule has 0 bridgehead atoms. The van der Waals surface area contributed by atoms with E-state index >= 15 is 0 Å². The zero-order chi connectivity index (χ0) is 29.9. The van der Waals surface area contributed by atoms with Crippen LogP contribution in [0.15, 0.2) is 36.7 Å². The van der Waals surface area contributed by atoms with E-state index in [9.17, 15) is 23.2 Å². The molecule has 43 heavy (non-hydrogen) atoms. The predicted octanol–water partition coefficient (Wildman–Crippen LogP) is 5.44. The van der Waals surface area contributed by atoms with Crippen molar-refractivity contribution in [3.8, 4) is 6.07 Å². The third-order valence-corrected chi connectivity index (χ3v) is 9.85. The number of nitriles is 1. The number of likely N-dealkylation sites (tertiary alicyclic amines) is 1. The molecule has 4 heterocycles. The molecule has 4 aliphatic rings.